The summed E-state index contributed by atoms with van der Waals surface area (Å²) in [6.45, 7) is 5.76. The summed E-state index contributed by atoms with van der Waals surface area (Å²) in [5.74, 6) is -1.21. The molecular formula is C66H119NO10. The first kappa shape index (κ1) is 72.4. The molecule has 0 radical (unpaired) electrons. The SMILES string of the molecule is CCCCC/C=C\C/C=C\C/C=C\CCCCCCCCC(=O)OC1C(OCC(NC(=O)C(O)CCCCCCCCCC/C=C/CCCCCCCC)C(O)/C=C/CCCCCCCCCCC)OC(CO)C(O)C1O. The van der Waals surface area contributed by atoms with Crippen LogP contribution in [0.1, 0.15) is 284 Å². The van der Waals surface area contributed by atoms with Crippen LogP contribution >= 0.6 is 0 Å². The second kappa shape index (κ2) is 54.0. The molecule has 8 atom stereocenters. The molecule has 0 saturated carbocycles. The van der Waals surface area contributed by atoms with Gasteiger partial charge in [-0.2, -0.15) is 0 Å². The number of aliphatic hydroxyl groups excluding tert-OH is 5. The van der Waals surface area contributed by atoms with Gasteiger partial charge in [0.1, 0.15) is 24.4 Å². The molecule has 0 aromatic carbocycles. The van der Waals surface area contributed by atoms with Crippen LogP contribution in [0, 0.1) is 0 Å². The smallest absolute Gasteiger partial charge is 0.306 e. The molecule has 1 aliphatic rings. The number of carbonyl (C=O) groups is 2. The van der Waals surface area contributed by atoms with E-state index in [0.29, 0.717) is 12.8 Å². The van der Waals surface area contributed by atoms with Crippen molar-refractivity contribution in [3.63, 3.8) is 0 Å². The molecule has 1 saturated heterocycles. The van der Waals surface area contributed by atoms with Gasteiger partial charge in [-0.25, -0.2) is 0 Å². The maximum Gasteiger partial charge on any atom is 0.306 e. The highest BCUT2D eigenvalue weighted by atomic mass is 16.7. The zero-order chi connectivity index (χ0) is 56.1. The topological polar surface area (TPSA) is 175 Å². The first-order valence-electron chi connectivity index (χ1n) is 32.1. The standard InChI is InChI=1S/C66H119NO10/c1-4-7-10-13-16-19-22-24-26-28-30-32-34-36-39-42-45-48-51-54-61(71)77-64-63(73)62(72)60(55-68)76-66(64)75-56-57(58(69)52-49-46-43-40-37-21-18-15-12-9-6-3)67-65(74)59(70)53-50-47-44-41-38-35-33-31-29-27-25-23-20-17-14-11-8-5-2/h16,19,24-27,30,32,49,52,57-60,62-64,66,68-70,72-73H,4-15,17-18,20-23,28-29,31,33-48,50-51,53-56H2,1-3H3,(H,67,74)/b19-16-,26-24-,27-25+,32-30-,52-49+. The average molecular weight is 1090 g/mol. The summed E-state index contributed by atoms with van der Waals surface area (Å²) in [5.41, 5.74) is 0. The summed E-state index contributed by atoms with van der Waals surface area (Å²) in [4.78, 5) is 26.6. The number of ether oxygens (including phenoxy) is 3. The van der Waals surface area contributed by atoms with Crippen molar-refractivity contribution in [1.82, 2.24) is 5.32 Å². The van der Waals surface area contributed by atoms with E-state index < -0.39 is 67.4 Å². The molecule has 0 aromatic heterocycles. The second-order valence-electron chi connectivity index (χ2n) is 22.1. The zero-order valence-corrected chi connectivity index (χ0v) is 49.6. The molecule has 1 heterocycles. The van der Waals surface area contributed by atoms with Gasteiger partial charge in [0, 0.05) is 6.42 Å². The van der Waals surface area contributed by atoms with E-state index in [1.807, 2.05) is 6.08 Å². The molecule has 6 N–H and O–H groups in total. The predicted molar refractivity (Wildman–Crippen MR) is 320 cm³/mol. The number of rotatable bonds is 54. The number of allylic oxidation sites excluding steroid dienone is 9. The van der Waals surface area contributed by atoms with Gasteiger partial charge < -0.3 is 45.1 Å². The fourth-order valence-electron chi connectivity index (χ4n) is 9.77. The van der Waals surface area contributed by atoms with E-state index in [2.05, 4.69) is 74.7 Å². The van der Waals surface area contributed by atoms with Gasteiger partial charge in [0.15, 0.2) is 12.4 Å². The second-order valence-corrected chi connectivity index (χ2v) is 22.1. The maximum atomic E-state index is 13.4. The average Bonchev–Trinajstić information content (AvgIpc) is 3.43. The molecule has 77 heavy (non-hydrogen) atoms. The molecule has 1 amide bonds. The van der Waals surface area contributed by atoms with Crippen molar-refractivity contribution in [2.45, 2.75) is 333 Å². The van der Waals surface area contributed by atoms with Gasteiger partial charge in [-0.15, -0.1) is 0 Å². The van der Waals surface area contributed by atoms with E-state index >= 15 is 0 Å². The van der Waals surface area contributed by atoms with Gasteiger partial charge in [0.2, 0.25) is 5.91 Å². The summed E-state index contributed by atoms with van der Waals surface area (Å²) in [6.07, 6.45) is 56.8. The van der Waals surface area contributed by atoms with Crippen LogP contribution in [0.3, 0.4) is 0 Å². The third kappa shape index (κ3) is 42.0. The number of nitrogens with one attached hydrogen (secondary N) is 1. The van der Waals surface area contributed by atoms with Gasteiger partial charge in [-0.05, 0) is 89.9 Å². The van der Waals surface area contributed by atoms with Crippen LogP contribution in [-0.4, -0.2) is 99.6 Å². The van der Waals surface area contributed by atoms with E-state index in [1.54, 1.807) is 6.08 Å². The van der Waals surface area contributed by atoms with Gasteiger partial charge in [-0.3, -0.25) is 9.59 Å². The molecule has 1 fully saturated rings. The molecule has 0 aromatic rings. The van der Waals surface area contributed by atoms with E-state index in [0.717, 1.165) is 96.3 Å². The van der Waals surface area contributed by atoms with Crippen LogP contribution < -0.4 is 5.32 Å². The van der Waals surface area contributed by atoms with Gasteiger partial charge >= 0.3 is 5.97 Å². The van der Waals surface area contributed by atoms with Gasteiger partial charge in [0.05, 0.1) is 25.4 Å². The van der Waals surface area contributed by atoms with Crippen molar-refractivity contribution in [3.8, 4) is 0 Å². The third-order valence-corrected chi connectivity index (χ3v) is 14.9. The lowest BCUT2D eigenvalue weighted by Crippen LogP contribution is -2.61. The normalized spacial score (nSPS) is 19.4. The Bertz CT molecular complexity index is 1480. The van der Waals surface area contributed by atoms with Crippen molar-refractivity contribution in [3.05, 3.63) is 60.8 Å². The molecular weight excluding hydrogens is 967 g/mol. The zero-order valence-electron chi connectivity index (χ0n) is 49.6. The molecule has 448 valence electrons. The van der Waals surface area contributed by atoms with Crippen molar-refractivity contribution < 1.29 is 49.3 Å². The molecule has 11 heteroatoms. The van der Waals surface area contributed by atoms with Crippen LogP contribution in [0.25, 0.3) is 0 Å². The number of carbonyl (C=O) groups excluding carboxylic acids is 2. The monoisotopic (exact) mass is 1090 g/mol. The highest BCUT2D eigenvalue weighted by Gasteiger charge is 2.47. The highest BCUT2D eigenvalue weighted by molar-refractivity contribution is 5.80. The van der Waals surface area contributed by atoms with Gasteiger partial charge in [-0.1, -0.05) is 248 Å². The Morgan fingerprint density at radius 3 is 1.38 bits per heavy atom. The Hall–Kier alpha value is -2.64. The summed E-state index contributed by atoms with van der Waals surface area (Å²) in [7, 11) is 0. The lowest BCUT2D eigenvalue weighted by molar-refractivity contribution is -0.305. The molecule has 0 aliphatic carbocycles. The van der Waals surface area contributed by atoms with Gasteiger partial charge in [0.25, 0.3) is 0 Å². The Balaban J connectivity index is 2.65. The summed E-state index contributed by atoms with van der Waals surface area (Å²) in [6, 6.07) is -1.03. The number of hydrogen-bond acceptors (Lipinski definition) is 10. The summed E-state index contributed by atoms with van der Waals surface area (Å²) >= 11 is 0. The minimum absolute atomic E-state index is 0.108. The van der Waals surface area contributed by atoms with E-state index in [4.69, 9.17) is 14.2 Å². The largest absolute Gasteiger partial charge is 0.454 e. The fraction of sp³-hybridized carbons (Fsp3) is 0.818. The predicted octanol–water partition coefficient (Wildman–Crippen LogP) is 15.4. The number of amides is 1. The Morgan fingerprint density at radius 1 is 0.506 bits per heavy atom. The molecule has 8 unspecified atom stereocenters. The number of unbranched alkanes of at least 4 members (excludes halogenated alkanes) is 32. The van der Waals surface area contributed by atoms with Crippen molar-refractivity contribution in [2.75, 3.05) is 13.2 Å². The van der Waals surface area contributed by atoms with Crippen molar-refractivity contribution in [2.24, 2.45) is 0 Å². The van der Waals surface area contributed by atoms with Crippen LogP contribution in [0.2, 0.25) is 0 Å². The molecule has 1 aliphatic heterocycles. The minimum Gasteiger partial charge on any atom is -0.454 e. The number of hydrogen-bond donors (Lipinski definition) is 6. The Morgan fingerprint density at radius 2 is 0.896 bits per heavy atom. The number of aliphatic hydroxyl groups is 5. The van der Waals surface area contributed by atoms with Crippen LogP contribution in [0.4, 0.5) is 0 Å². The molecule has 11 nitrogen and oxygen atoms in total. The van der Waals surface area contributed by atoms with E-state index in [-0.39, 0.29) is 19.4 Å². The summed E-state index contributed by atoms with van der Waals surface area (Å²) in [5, 5.41) is 57.0. The lowest BCUT2D eigenvalue weighted by Gasteiger charge is -2.41. The molecule has 0 bridgehead atoms. The fourth-order valence-corrected chi connectivity index (χ4v) is 9.77. The summed E-state index contributed by atoms with van der Waals surface area (Å²) < 4.78 is 17.6. The van der Waals surface area contributed by atoms with Crippen LogP contribution in [-0.2, 0) is 23.8 Å². The lowest BCUT2D eigenvalue weighted by atomic mass is 9.99. The number of esters is 1. The quantitative estimate of drug-likeness (QED) is 0.0195. The van der Waals surface area contributed by atoms with Crippen LogP contribution in [0.5, 0.6) is 0 Å². The van der Waals surface area contributed by atoms with Crippen LogP contribution in [0.15, 0.2) is 60.8 Å². The molecule has 1 rings (SSSR count). The van der Waals surface area contributed by atoms with E-state index in [9.17, 15) is 35.1 Å². The Labute approximate surface area is 471 Å². The van der Waals surface area contributed by atoms with Crippen molar-refractivity contribution >= 4 is 11.9 Å². The first-order chi connectivity index (χ1) is 37.7. The van der Waals surface area contributed by atoms with E-state index in [1.165, 1.54) is 141 Å². The highest BCUT2D eigenvalue weighted by Crippen LogP contribution is 2.26. The molecule has 0 spiro atoms. The third-order valence-electron chi connectivity index (χ3n) is 14.9. The first-order valence-corrected chi connectivity index (χ1v) is 32.1. The Kier molecular flexibility index (Phi) is 50.7. The minimum atomic E-state index is -1.62. The van der Waals surface area contributed by atoms with Crippen molar-refractivity contribution in [1.29, 1.82) is 0 Å². The maximum absolute atomic E-state index is 13.4.